The van der Waals surface area contributed by atoms with Crippen LogP contribution in [0.4, 0.5) is 11.4 Å². The van der Waals surface area contributed by atoms with E-state index in [9.17, 15) is 19.8 Å². The standard InChI is InChI=1S/C18H18N8O4S2/c19-25-23-11-1-3-13(15(27)9-11)17(29)21-5-7-31-32-8-6-22-18(30)14-4-2-12(24-26-20)10-16(14)28/h1-4,9-10,27-28H,5-8H2,(H,21,29)(H,22,30). The maximum atomic E-state index is 12.1. The largest absolute Gasteiger partial charge is 0.507 e. The van der Waals surface area contributed by atoms with Crippen LogP contribution in [0, 0.1) is 0 Å². The molecular weight excluding hydrogens is 456 g/mol. The van der Waals surface area contributed by atoms with Gasteiger partial charge in [0.1, 0.15) is 11.5 Å². The zero-order valence-corrected chi connectivity index (χ0v) is 18.1. The average molecular weight is 475 g/mol. The fourth-order valence-corrected chi connectivity index (χ4v) is 4.19. The zero-order valence-electron chi connectivity index (χ0n) is 16.5. The second kappa shape index (κ2) is 12.9. The first kappa shape index (κ1) is 24.6. The number of nitrogens with one attached hydrogen (secondary N) is 2. The van der Waals surface area contributed by atoms with E-state index in [2.05, 4.69) is 30.7 Å². The number of benzene rings is 2. The molecule has 166 valence electrons. The molecule has 0 atom stereocenters. The first-order chi connectivity index (χ1) is 15.5. The van der Waals surface area contributed by atoms with Gasteiger partial charge in [-0.05, 0) is 35.3 Å². The highest BCUT2D eigenvalue weighted by atomic mass is 33.1. The van der Waals surface area contributed by atoms with Crippen LogP contribution in [0.25, 0.3) is 20.9 Å². The summed E-state index contributed by atoms with van der Waals surface area (Å²) in [5.41, 5.74) is 17.3. The molecule has 0 fully saturated rings. The third-order valence-corrected chi connectivity index (χ3v) is 6.21. The Kier molecular flexibility index (Phi) is 9.88. The Hall–Kier alpha value is -3.70. The van der Waals surface area contributed by atoms with Crippen LogP contribution in [0.1, 0.15) is 20.7 Å². The van der Waals surface area contributed by atoms with Crippen LogP contribution >= 0.6 is 21.6 Å². The van der Waals surface area contributed by atoms with Gasteiger partial charge in [-0.3, -0.25) is 9.59 Å². The van der Waals surface area contributed by atoms with E-state index < -0.39 is 11.8 Å². The number of phenolic OH excluding ortho intramolecular Hbond substituents is 2. The Labute approximate surface area is 190 Å². The molecule has 0 aliphatic carbocycles. The molecule has 0 unspecified atom stereocenters. The van der Waals surface area contributed by atoms with E-state index in [4.69, 9.17) is 11.1 Å². The van der Waals surface area contributed by atoms with Gasteiger partial charge in [0.2, 0.25) is 0 Å². The van der Waals surface area contributed by atoms with Gasteiger partial charge in [-0.15, -0.1) is 0 Å². The normalized spacial score (nSPS) is 9.88. The zero-order chi connectivity index (χ0) is 23.3. The van der Waals surface area contributed by atoms with E-state index in [-0.39, 0.29) is 34.0 Å². The number of rotatable bonds is 11. The van der Waals surface area contributed by atoms with Crippen molar-refractivity contribution in [2.45, 2.75) is 0 Å². The van der Waals surface area contributed by atoms with E-state index in [1.807, 2.05) is 0 Å². The lowest BCUT2D eigenvalue weighted by Gasteiger charge is -2.08. The van der Waals surface area contributed by atoms with E-state index >= 15 is 0 Å². The molecule has 0 aromatic heterocycles. The predicted octanol–water partition coefficient (Wildman–Crippen LogP) is 4.52. The number of hydrogen-bond acceptors (Lipinski definition) is 8. The van der Waals surface area contributed by atoms with Gasteiger partial charge in [0.05, 0.1) is 11.1 Å². The second-order valence-electron chi connectivity index (χ2n) is 5.94. The Morgan fingerprint density at radius 2 is 1.22 bits per heavy atom. The minimum atomic E-state index is -0.445. The molecule has 2 rings (SSSR count). The molecule has 2 amide bonds. The van der Waals surface area contributed by atoms with E-state index in [1.54, 1.807) is 0 Å². The van der Waals surface area contributed by atoms with Crippen molar-refractivity contribution in [1.82, 2.24) is 10.6 Å². The van der Waals surface area contributed by atoms with Gasteiger partial charge in [0.15, 0.2) is 0 Å². The van der Waals surface area contributed by atoms with Gasteiger partial charge in [0.25, 0.3) is 11.8 Å². The fraction of sp³-hybridized carbons (Fsp3) is 0.222. The average Bonchev–Trinajstić information content (AvgIpc) is 2.76. The number of azide groups is 2. The van der Waals surface area contributed by atoms with Crippen LogP contribution in [0.2, 0.25) is 0 Å². The first-order valence-electron chi connectivity index (χ1n) is 9.03. The number of aromatic hydroxyl groups is 2. The van der Waals surface area contributed by atoms with Gasteiger partial charge in [-0.25, -0.2) is 0 Å². The molecule has 0 heterocycles. The van der Waals surface area contributed by atoms with Crippen molar-refractivity contribution in [3.63, 3.8) is 0 Å². The predicted molar refractivity (Wildman–Crippen MR) is 123 cm³/mol. The summed E-state index contributed by atoms with van der Waals surface area (Å²) < 4.78 is 0. The smallest absolute Gasteiger partial charge is 0.255 e. The van der Waals surface area contributed by atoms with Gasteiger partial charge in [0, 0.05) is 45.8 Å². The van der Waals surface area contributed by atoms with Crippen molar-refractivity contribution in [3.8, 4) is 11.5 Å². The lowest BCUT2D eigenvalue weighted by molar-refractivity contribution is 0.0945. The lowest BCUT2D eigenvalue weighted by atomic mass is 10.1. The van der Waals surface area contributed by atoms with Gasteiger partial charge in [-0.1, -0.05) is 43.9 Å². The van der Waals surface area contributed by atoms with E-state index in [0.717, 1.165) is 0 Å². The van der Waals surface area contributed by atoms with Crippen molar-refractivity contribution in [2.24, 2.45) is 10.2 Å². The van der Waals surface area contributed by atoms with Crippen LogP contribution in [0.5, 0.6) is 11.5 Å². The SMILES string of the molecule is [N-]=[N+]=Nc1ccc(C(=O)NCCSSCCNC(=O)c2ccc(N=[N+]=[N-])cc2O)c(O)c1. The molecular formula is C18H18N8O4S2. The maximum absolute atomic E-state index is 12.1. The number of amides is 2. The minimum absolute atomic E-state index is 0.0815. The number of carbonyl (C=O) groups excluding carboxylic acids is 2. The van der Waals surface area contributed by atoms with Crippen molar-refractivity contribution in [3.05, 3.63) is 68.4 Å². The number of hydrogen-bond donors (Lipinski definition) is 4. The third kappa shape index (κ3) is 7.52. The van der Waals surface area contributed by atoms with Gasteiger partial charge >= 0.3 is 0 Å². The summed E-state index contributed by atoms with van der Waals surface area (Å²) in [4.78, 5) is 29.4. The summed E-state index contributed by atoms with van der Waals surface area (Å²) in [5.74, 6) is -0.238. The molecule has 0 aliphatic rings. The quantitative estimate of drug-likeness (QED) is 0.121. The van der Waals surface area contributed by atoms with Crippen molar-refractivity contribution < 1.29 is 19.8 Å². The minimum Gasteiger partial charge on any atom is -0.507 e. The molecule has 12 nitrogen and oxygen atoms in total. The van der Waals surface area contributed by atoms with Crippen LogP contribution in [0.15, 0.2) is 46.6 Å². The summed E-state index contributed by atoms with van der Waals surface area (Å²) >= 11 is 0. The molecule has 14 heteroatoms. The molecule has 2 aromatic carbocycles. The highest BCUT2D eigenvalue weighted by Crippen LogP contribution is 2.25. The topological polar surface area (TPSA) is 196 Å². The number of phenols is 2. The van der Waals surface area contributed by atoms with Crippen LogP contribution < -0.4 is 10.6 Å². The van der Waals surface area contributed by atoms with Crippen LogP contribution in [0.3, 0.4) is 0 Å². The van der Waals surface area contributed by atoms with Gasteiger partial charge < -0.3 is 20.8 Å². The highest BCUT2D eigenvalue weighted by molar-refractivity contribution is 8.76. The van der Waals surface area contributed by atoms with Crippen LogP contribution in [-0.2, 0) is 0 Å². The highest BCUT2D eigenvalue weighted by Gasteiger charge is 2.12. The van der Waals surface area contributed by atoms with E-state index in [0.29, 0.717) is 24.6 Å². The third-order valence-electron chi connectivity index (χ3n) is 3.80. The van der Waals surface area contributed by atoms with Crippen LogP contribution in [-0.4, -0.2) is 46.6 Å². The molecule has 0 bridgehead atoms. The van der Waals surface area contributed by atoms with Crippen molar-refractivity contribution >= 4 is 44.8 Å². The molecule has 0 aliphatic heterocycles. The molecule has 2 aromatic rings. The monoisotopic (exact) mass is 474 g/mol. The second-order valence-corrected chi connectivity index (χ2v) is 8.64. The summed E-state index contributed by atoms with van der Waals surface area (Å²) in [6.45, 7) is 0.734. The number of nitrogens with zero attached hydrogens (tertiary/aromatic N) is 6. The summed E-state index contributed by atoms with van der Waals surface area (Å²) in [5, 5.41) is 31.8. The summed E-state index contributed by atoms with van der Waals surface area (Å²) in [7, 11) is 3.00. The maximum Gasteiger partial charge on any atom is 0.255 e. The van der Waals surface area contributed by atoms with E-state index in [1.165, 1.54) is 58.0 Å². The fourth-order valence-electron chi connectivity index (χ4n) is 2.37. The Balaban J connectivity index is 1.63. The Morgan fingerprint density at radius 3 is 1.56 bits per heavy atom. The van der Waals surface area contributed by atoms with Crippen molar-refractivity contribution in [2.75, 3.05) is 24.6 Å². The summed E-state index contributed by atoms with van der Waals surface area (Å²) in [6, 6.07) is 8.04. The van der Waals surface area contributed by atoms with Gasteiger partial charge in [-0.2, -0.15) is 0 Å². The number of carbonyl (C=O) groups is 2. The van der Waals surface area contributed by atoms with Crippen molar-refractivity contribution in [1.29, 1.82) is 0 Å². The Bertz CT molecular complexity index is 999. The lowest BCUT2D eigenvalue weighted by Crippen LogP contribution is -2.26. The molecule has 0 spiro atoms. The molecule has 0 saturated heterocycles. The Morgan fingerprint density at radius 1 is 0.812 bits per heavy atom. The molecule has 32 heavy (non-hydrogen) atoms. The molecule has 4 N–H and O–H groups in total. The first-order valence-corrected chi connectivity index (χ1v) is 11.5. The summed E-state index contributed by atoms with van der Waals surface area (Å²) in [6.07, 6.45) is 0. The molecule has 0 radical (unpaired) electrons. The molecule has 0 saturated carbocycles.